The van der Waals surface area contributed by atoms with Crippen molar-refractivity contribution in [1.29, 1.82) is 0 Å². The largest absolute Gasteiger partial charge is 0.348 e. The summed E-state index contributed by atoms with van der Waals surface area (Å²) in [6.45, 7) is 4.26. The molecule has 0 saturated heterocycles. The highest BCUT2D eigenvalue weighted by Crippen LogP contribution is 2.16. The lowest BCUT2D eigenvalue weighted by Crippen LogP contribution is -2.23. The van der Waals surface area contributed by atoms with Gasteiger partial charge in [0, 0.05) is 24.5 Å². The van der Waals surface area contributed by atoms with Gasteiger partial charge >= 0.3 is 0 Å². The van der Waals surface area contributed by atoms with Crippen LogP contribution >= 0.6 is 0 Å². The van der Waals surface area contributed by atoms with Gasteiger partial charge in [-0.1, -0.05) is 18.2 Å². The van der Waals surface area contributed by atoms with E-state index < -0.39 is 0 Å². The number of rotatable bonds is 4. The van der Waals surface area contributed by atoms with Crippen LogP contribution in [0.2, 0.25) is 0 Å². The van der Waals surface area contributed by atoms with E-state index in [-0.39, 0.29) is 5.91 Å². The quantitative estimate of drug-likeness (QED) is 0.608. The van der Waals surface area contributed by atoms with Crippen molar-refractivity contribution in [3.63, 3.8) is 0 Å². The van der Waals surface area contributed by atoms with Crippen molar-refractivity contribution >= 4 is 16.9 Å². The van der Waals surface area contributed by atoms with Crippen LogP contribution < -0.4 is 5.32 Å². The smallest absolute Gasteiger partial charge is 0.251 e. The van der Waals surface area contributed by atoms with E-state index in [4.69, 9.17) is 0 Å². The molecule has 0 spiro atoms. The molecule has 134 valence electrons. The Morgan fingerprint density at radius 1 is 1.00 bits per heavy atom. The van der Waals surface area contributed by atoms with E-state index in [2.05, 4.69) is 20.4 Å². The van der Waals surface area contributed by atoms with Crippen LogP contribution in [-0.2, 0) is 6.54 Å². The second-order valence-electron chi connectivity index (χ2n) is 6.36. The van der Waals surface area contributed by atoms with E-state index in [1.807, 2.05) is 56.4 Å². The molecule has 0 bridgehead atoms. The molecule has 0 unspecified atom stereocenters. The van der Waals surface area contributed by atoms with E-state index in [1.54, 1.807) is 23.0 Å². The summed E-state index contributed by atoms with van der Waals surface area (Å²) in [6.07, 6.45) is 3.61. The maximum atomic E-state index is 12.6. The van der Waals surface area contributed by atoms with Crippen LogP contribution in [0.5, 0.6) is 0 Å². The number of aryl methyl sites for hydroxylation is 2. The minimum atomic E-state index is -0.146. The summed E-state index contributed by atoms with van der Waals surface area (Å²) in [5.74, 6) is -0.146. The summed E-state index contributed by atoms with van der Waals surface area (Å²) in [5, 5.41) is 7.25. The van der Waals surface area contributed by atoms with Crippen molar-refractivity contribution in [3.8, 4) is 5.69 Å². The first-order valence-electron chi connectivity index (χ1n) is 8.73. The third kappa shape index (κ3) is 3.42. The molecular formula is C21H19N5O. The zero-order valence-corrected chi connectivity index (χ0v) is 15.2. The fraction of sp³-hybridized carbons (Fsp3) is 0.143. The highest BCUT2D eigenvalue weighted by molar-refractivity contribution is 5.97. The Labute approximate surface area is 156 Å². The summed E-state index contributed by atoms with van der Waals surface area (Å²) in [6, 6.07) is 15.1. The molecule has 0 aliphatic heterocycles. The van der Waals surface area contributed by atoms with Gasteiger partial charge in [0.1, 0.15) is 0 Å². The topological polar surface area (TPSA) is 72.7 Å². The number of fused-ring (bicyclic) bond motifs is 1. The highest BCUT2D eigenvalue weighted by Gasteiger charge is 2.10. The second-order valence-corrected chi connectivity index (χ2v) is 6.36. The molecule has 0 radical (unpaired) electrons. The van der Waals surface area contributed by atoms with Crippen LogP contribution in [0.4, 0.5) is 0 Å². The molecule has 0 fully saturated rings. The first kappa shape index (κ1) is 16.9. The fourth-order valence-electron chi connectivity index (χ4n) is 2.94. The minimum absolute atomic E-state index is 0.146. The van der Waals surface area contributed by atoms with Crippen LogP contribution in [0, 0.1) is 13.8 Å². The van der Waals surface area contributed by atoms with Crippen LogP contribution in [-0.4, -0.2) is 25.7 Å². The number of nitrogens with zero attached hydrogens (tertiary/aromatic N) is 4. The zero-order valence-electron chi connectivity index (χ0n) is 15.2. The van der Waals surface area contributed by atoms with E-state index in [0.717, 1.165) is 33.7 Å². The second kappa shape index (κ2) is 6.99. The molecule has 0 aliphatic rings. The molecule has 4 rings (SSSR count). The lowest BCUT2D eigenvalue weighted by molar-refractivity contribution is 0.0951. The number of hydrogen-bond donors (Lipinski definition) is 1. The number of para-hydroxylation sites is 1. The Balaban J connectivity index is 1.55. The van der Waals surface area contributed by atoms with Gasteiger partial charge in [0.2, 0.25) is 0 Å². The van der Waals surface area contributed by atoms with E-state index in [9.17, 15) is 4.79 Å². The van der Waals surface area contributed by atoms with E-state index in [0.29, 0.717) is 12.1 Å². The number of amides is 1. The van der Waals surface area contributed by atoms with Gasteiger partial charge in [-0.3, -0.25) is 4.79 Å². The van der Waals surface area contributed by atoms with Crippen LogP contribution in [0.25, 0.3) is 16.7 Å². The van der Waals surface area contributed by atoms with Crippen molar-refractivity contribution < 1.29 is 4.79 Å². The van der Waals surface area contributed by atoms with Crippen molar-refractivity contribution in [2.75, 3.05) is 0 Å². The Morgan fingerprint density at radius 2 is 1.78 bits per heavy atom. The van der Waals surface area contributed by atoms with Crippen LogP contribution in [0.3, 0.4) is 0 Å². The lowest BCUT2D eigenvalue weighted by Gasteiger charge is -2.11. The molecule has 1 amide bonds. The van der Waals surface area contributed by atoms with Crippen molar-refractivity contribution in [1.82, 2.24) is 25.1 Å². The number of benzene rings is 2. The van der Waals surface area contributed by atoms with Gasteiger partial charge < -0.3 is 5.32 Å². The monoisotopic (exact) mass is 357 g/mol. The van der Waals surface area contributed by atoms with Gasteiger partial charge in [-0.05, 0) is 49.7 Å². The lowest BCUT2D eigenvalue weighted by atomic mass is 10.1. The minimum Gasteiger partial charge on any atom is -0.348 e. The first-order valence-corrected chi connectivity index (χ1v) is 8.73. The van der Waals surface area contributed by atoms with Gasteiger partial charge in [-0.15, -0.1) is 0 Å². The highest BCUT2D eigenvalue weighted by atomic mass is 16.1. The van der Waals surface area contributed by atoms with Crippen molar-refractivity contribution in [2.24, 2.45) is 0 Å². The molecule has 1 N–H and O–H groups in total. The molecule has 0 aliphatic carbocycles. The number of carbonyl (C=O) groups is 1. The van der Waals surface area contributed by atoms with Crippen LogP contribution in [0.15, 0.2) is 60.9 Å². The molecule has 0 saturated carbocycles. The summed E-state index contributed by atoms with van der Waals surface area (Å²) in [7, 11) is 0. The summed E-state index contributed by atoms with van der Waals surface area (Å²) in [4.78, 5) is 21.7. The van der Waals surface area contributed by atoms with E-state index in [1.165, 1.54) is 0 Å². The summed E-state index contributed by atoms with van der Waals surface area (Å²) >= 11 is 0. The summed E-state index contributed by atoms with van der Waals surface area (Å²) < 4.78 is 1.79. The molecule has 4 aromatic rings. The van der Waals surface area contributed by atoms with E-state index >= 15 is 0 Å². The molecule has 2 aromatic carbocycles. The van der Waals surface area contributed by atoms with Crippen LogP contribution in [0.1, 0.15) is 27.3 Å². The van der Waals surface area contributed by atoms with Gasteiger partial charge in [0.25, 0.3) is 5.91 Å². The third-order valence-electron chi connectivity index (χ3n) is 4.52. The zero-order chi connectivity index (χ0) is 18.8. The molecule has 0 atom stereocenters. The SMILES string of the molecule is Cc1nc2ccc(C(=O)NCc3ccccc3-n3cccn3)cc2nc1C. The third-order valence-corrected chi connectivity index (χ3v) is 4.52. The fourth-order valence-corrected chi connectivity index (χ4v) is 2.94. The molecule has 6 heteroatoms. The van der Waals surface area contributed by atoms with Gasteiger partial charge in [-0.2, -0.15) is 5.10 Å². The summed E-state index contributed by atoms with van der Waals surface area (Å²) in [5.41, 5.74) is 5.78. The molecule has 6 nitrogen and oxygen atoms in total. The van der Waals surface area contributed by atoms with Gasteiger partial charge in [0.05, 0.1) is 28.1 Å². The van der Waals surface area contributed by atoms with Gasteiger partial charge in [-0.25, -0.2) is 14.6 Å². The van der Waals surface area contributed by atoms with Gasteiger partial charge in [0.15, 0.2) is 0 Å². The average Bonchev–Trinajstić information content (AvgIpc) is 3.21. The Bertz CT molecular complexity index is 1120. The first-order chi connectivity index (χ1) is 13.1. The molecule has 2 aromatic heterocycles. The standard InChI is InChI=1S/C21H19N5O/c1-14-15(2)25-19-12-16(8-9-18(19)24-14)21(27)22-13-17-6-3-4-7-20(17)26-11-5-10-23-26/h3-12H,13H2,1-2H3,(H,22,27). The molecule has 2 heterocycles. The predicted octanol–water partition coefficient (Wildman–Crippen LogP) is 3.36. The van der Waals surface area contributed by atoms with Crippen molar-refractivity contribution in [3.05, 3.63) is 83.4 Å². The number of aromatic nitrogens is 4. The number of carbonyl (C=O) groups excluding carboxylic acids is 1. The maximum absolute atomic E-state index is 12.6. The number of nitrogens with one attached hydrogen (secondary N) is 1. The normalized spacial score (nSPS) is 10.9. The molecule has 27 heavy (non-hydrogen) atoms. The Hall–Kier alpha value is -3.54. The average molecular weight is 357 g/mol. The Kier molecular flexibility index (Phi) is 4.38. The maximum Gasteiger partial charge on any atom is 0.251 e. The molecular weight excluding hydrogens is 338 g/mol. The Morgan fingerprint density at radius 3 is 2.56 bits per heavy atom. The number of hydrogen-bond acceptors (Lipinski definition) is 4. The predicted molar refractivity (Wildman–Crippen MR) is 104 cm³/mol. The van der Waals surface area contributed by atoms with Crippen molar-refractivity contribution in [2.45, 2.75) is 20.4 Å².